The highest BCUT2D eigenvalue weighted by Crippen LogP contribution is 2.29. The number of hydrogen-bond donors (Lipinski definition) is 0. The van der Waals surface area contributed by atoms with Crippen molar-refractivity contribution < 1.29 is 4.21 Å². The lowest BCUT2D eigenvalue weighted by molar-refractivity contribution is 0.397. The van der Waals surface area contributed by atoms with E-state index in [0.29, 0.717) is 0 Å². The van der Waals surface area contributed by atoms with Crippen LogP contribution in [-0.2, 0) is 10.8 Å². The van der Waals surface area contributed by atoms with Gasteiger partial charge in [0, 0.05) is 35.4 Å². The second-order valence-corrected chi connectivity index (χ2v) is 5.06. The van der Waals surface area contributed by atoms with Crippen molar-refractivity contribution in [1.82, 2.24) is 4.90 Å². The quantitative estimate of drug-likeness (QED) is 0.493. The maximum Gasteiger partial charge on any atom is 0.0278 e. The Kier molecular flexibility index (Phi) is 1.57. The van der Waals surface area contributed by atoms with E-state index in [1.807, 2.05) is 0 Å². The van der Waals surface area contributed by atoms with E-state index in [0.717, 1.165) is 23.3 Å². The van der Waals surface area contributed by atoms with Crippen molar-refractivity contribution in [2.45, 2.75) is 0 Å². The van der Waals surface area contributed by atoms with E-state index in [9.17, 15) is 4.21 Å². The summed E-state index contributed by atoms with van der Waals surface area (Å²) in [5, 5.41) is 0. The molecular weight excluding hydrogens is 146 g/mol. The van der Waals surface area contributed by atoms with Crippen LogP contribution in [-0.4, -0.2) is 40.8 Å². The van der Waals surface area contributed by atoms with Crippen molar-refractivity contribution >= 4 is 10.8 Å². The maximum atomic E-state index is 11.1. The Balaban J connectivity index is 2.06. The summed E-state index contributed by atoms with van der Waals surface area (Å²) in [6.45, 7) is 2.35. The van der Waals surface area contributed by atoms with Crippen molar-refractivity contribution in [2.24, 2.45) is 11.8 Å². The molecule has 3 heteroatoms. The summed E-state index contributed by atoms with van der Waals surface area (Å²) in [7, 11) is 1.68. The van der Waals surface area contributed by atoms with Crippen molar-refractivity contribution in [3.05, 3.63) is 0 Å². The van der Waals surface area contributed by atoms with Gasteiger partial charge in [0.05, 0.1) is 0 Å². The van der Waals surface area contributed by atoms with Crippen LogP contribution in [0.5, 0.6) is 0 Å². The van der Waals surface area contributed by atoms with Crippen LogP contribution in [0.3, 0.4) is 0 Å². The molecule has 0 aromatic heterocycles. The molecule has 0 saturated carbocycles. The van der Waals surface area contributed by atoms with Gasteiger partial charge in [0.15, 0.2) is 0 Å². The third-order valence-corrected chi connectivity index (χ3v) is 4.16. The summed E-state index contributed by atoms with van der Waals surface area (Å²) in [4.78, 5) is 2.35. The Morgan fingerprint density at radius 2 is 1.80 bits per heavy atom. The average molecular weight is 159 g/mol. The van der Waals surface area contributed by atoms with Crippen LogP contribution in [0.1, 0.15) is 0 Å². The van der Waals surface area contributed by atoms with Gasteiger partial charge in [0.2, 0.25) is 0 Å². The molecule has 2 fully saturated rings. The normalized spacial score (nSPS) is 47.9. The minimum Gasteiger partial charge on any atom is -0.306 e. The first-order valence-electron chi connectivity index (χ1n) is 3.79. The van der Waals surface area contributed by atoms with Gasteiger partial charge in [-0.05, 0) is 18.9 Å². The van der Waals surface area contributed by atoms with Crippen molar-refractivity contribution in [3.8, 4) is 0 Å². The number of fused-ring (bicyclic) bond motifs is 1. The maximum absolute atomic E-state index is 11.1. The first-order chi connectivity index (χ1) is 4.75. The third-order valence-electron chi connectivity index (χ3n) is 2.56. The number of rotatable bonds is 0. The van der Waals surface area contributed by atoms with Crippen LogP contribution in [0.2, 0.25) is 0 Å². The van der Waals surface area contributed by atoms with Crippen LogP contribution in [0.25, 0.3) is 0 Å². The lowest BCUT2D eigenvalue weighted by Gasteiger charge is -2.06. The fourth-order valence-electron chi connectivity index (χ4n) is 2.10. The molecule has 0 aromatic carbocycles. The largest absolute Gasteiger partial charge is 0.306 e. The monoisotopic (exact) mass is 159 g/mol. The Hall–Kier alpha value is 0.110. The zero-order valence-electron chi connectivity index (χ0n) is 6.25. The van der Waals surface area contributed by atoms with Crippen molar-refractivity contribution in [2.75, 3.05) is 31.6 Å². The molecule has 0 aromatic rings. The Bertz CT molecular complexity index is 155. The summed E-state index contributed by atoms with van der Waals surface area (Å²) < 4.78 is 11.1. The van der Waals surface area contributed by atoms with Crippen molar-refractivity contribution in [3.63, 3.8) is 0 Å². The SMILES string of the molecule is CN1CC2CS(=O)CC2C1. The second-order valence-electron chi connectivity index (χ2n) is 3.51. The summed E-state index contributed by atoms with van der Waals surface area (Å²) in [5.41, 5.74) is 0. The van der Waals surface area contributed by atoms with Crippen molar-refractivity contribution in [1.29, 1.82) is 0 Å². The van der Waals surface area contributed by atoms with Gasteiger partial charge >= 0.3 is 0 Å². The van der Waals surface area contributed by atoms with Gasteiger partial charge in [0.25, 0.3) is 0 Å². The molecular formula is C7H13NOS. The summed E-state index contributed by atoms with van der Waals surface area (Å²) in [6, 6.07) is 0. The molecule has 0 N–H and O–H groups in total. The highest BCUT2D eigenvalue weighted by molar-refractivity contribution is 7.85. The fraction of sp³-hybridized carbons (Fsp3) is 1.00. The molecule has 0 bridgehead atoms. The molecule has 2 rings (SSSR count). The second kappa shape index (κ2) is 2.31. The lowest BCUT2D eigenvalue weighted by Crippen LogP contribution is -2.17. The lowest BCUT2D eigenvalue weighted by atomic mass is 10.0. The Labute approximate surface area is 64.1 Å². The fourth-order valence-corrected chi connectivity index (χ4v) is 3.94. The zero-order valence-corrected chi connectivity index (χ0v) is 7.06. The van der Waals surface area contributed by atoms with Gasteiger partial charge in [-0.25, -0.2) is 0 Å². The van der Waals surface area contributed by atoms with E-state index in [-0.39, 0.29) is 0 Å². The third kappa shape index (κ3) is 1.01. The van der Waals surface area contributed by atoms with E-state index in [1.54, 1.807) is 0 Å². The minimum absolute atomic E-state index is 0.473. The minimum atomic E-state index is -0.473. The highest BCUT2D eigenvalue weighted by atomic mass is 32.2. The van der Waals surface area contributed by atoms with Gasteiger partial charge in [0.1, 0.15) is 0 Å². The van der Waals surface area contributed by atoms with Crippen LogP contribution in [0.15, 0.2) is 0 Å². The van der Waals surface area contributed by atoms with Crippen LogP contribution < -0.4 is 0 Å². The molecule has 2 aliphatic rings. The van der Waals surface area contributed by atoms with Gasteiger partial charge in [-0.1, -0.05) is 0 Å². The first kappa shape index (κ1) is 6.80. The standard InChI is InChI=1S/C7H13NOS/c1-8-2-6-4-10(9)5-7(6)3-8/h6-7H,2-5H2,1H3. The number of hydrogen-bond acceptors (Lipinski definition) is 2. The molecule has 10 heavy (non-hydrogen) atoms. The van der Waals surface area contributed by atoms with Crippen LogP contribution >= 0.6 is 0 Å². The average Bonchev–Trinajstić information content (AvgIpc) is 2.21. The molecule has 2 heterocycles. The molecule has 0 radical (unpaired) electrons. The summed E-state index contributed by atoms with van der Waals surface area (Å²) in [6.07, 6.45) is 0. The van der Waals surface area contributed by atoms with E-state index >= 15 is 0 Å². The Morgan fingerprint density at radius 1 is 1.30 bits per heavy atom. The van der Waals surface area contributed by atoms with E-state index in [1.165, 1.54) is 13.1 Å². The summed E-state index contributed by atoms with van der Waals surface area (Å²) >= 11 is 0. The summed E-state index contributed by atoms with van der Waals surface area (Å²) in [5.74, 6) is 3.45. The van der Waals surface area contributed by atoms with E-state index in [2.05, 4.69) is 11.9 Å². The molecule has 0 aliphatic carbocycles. The first-order valence-corrected chi connectivity index (χ1v) is 5.28. The van der Waals surface area contributed by atoms with Gasteiger partial charge in [-0.15, -0.1) is 0 Å². The Morgan fingerprint density at radius 3 is 2.30 bits per heavy atom. The number of nitrogens with zero attached hydrogens (tertiary/aromatic N) is 1. The molecule has 2 aliphatic heterocycles. The number of likely N-dealkylation sites (tertiary alicyclic amines) is 1. The molecule has 58 valence electrons. The molecule has 0 amide bonds. The van der Waals surface area contributed by atoms with E-state index in [4.69, 9.17) is 0 Å². The van der Waals surface area contributed by atoms with Gasteiger partial charge in [-0.2, -0.15) is 0 Å². The molecule has 0 spiro atoms. The predicted molar refractivity (Wildman–Crippen MR) is 42.4 cm³/mol. The molecule has 2 unspecified atom stereocenters. The predicted octanol–water partition coefficient (Wildman–Crippen LogP) is -0.0735. The zero-order chi connectivity index (χ0) is 7.14. The highest BCUT2D eigenvalue weighted by Gasteiger charge is 2.37. The molecule has 2 nitrogen and oxygen atoms in total. The van der Waals surface area contributed by atoms with E-state index < -0.39 is 10.8 Å². The van der Waals surface area contributed by atoms with Gasteiger partial charge < -0.3 is 4.90 Å². The van der Waals surface area contributed by atoms with Crippen LogP contribution in [0, 0.1) is 11.8 Å². The molecule has 2 saturated heterocycles. The topological polar surface area (TPSA) is 20.3 Å². The van der Waals surface area contributed by atoms with Crippen LogP contribution in [0.4, 0.5) is 0 Å². The van der Waals surface area contributed by atoms with Gasteiger partial charge in [-0.3, -0.25) is 4.21 Å². The smallest absolute Gasteiger partial charge is 0.0278 e. The molecule has 2 atom stereocenters.